The number of carbonyl (C=O) groups excluding carboxylic acids is 1. The third kappa shape index (κ3) is 3.96. The first-order valence-corrected chi connectivity index (χ1v) is 8.05. The van der Waals surface area contributed by atoms with Crippen LogP contribution in [0.4, 0.5) is 5.69 Å². The number of anilines is 1. The molecule has 0 heterocycles. The van der Waals surface area contributed by atoms with Crippen LogP contribution >= 0.6 is 0 Å². The number of nitrogens with zero attached hydrogens (tertiary/aromatic N) is 1. The third-order valence-corrected chi connectivity index (χ3v) is 4.09. The van der Waals surface area contributed by atoms with E-state index in [2.05, 4.69) is 5.32 Å². The van der Waals surface area contributed by atoms with Gasteiger partial charge < -0.3 is 5.32 Å². The lowest BCUT2D eigenvalue weighted by atomic mass is 10.2. The Bertz CT molecular complexity index is 562. The summed E-state index contributed by atoms with van der Waals surface area (Å²) in [5, 5.41) is 2.79. The molecule has 1 aliphatic rings. The van der Waals surface area contributed by atoms with Crippen molar-refractivity contribution in [1.82, 2.24) is 5.32 Å². The van der Waals surface area contributed by atoms with Crippen molar-refractivity contribution in [1.29, 1.82) is 0 Å². The van der Waals surface area contributed by atoms with Crippen LogP contribution in [0.2, 0.25) is 0 Å². The summed E-state index contributed by atoms with van der Waals surface area (Å²) in [5.41, 5.74) is 1.55. The lowest BCUT2D eigenvalue weighted by molar-refractivity contribution is -0.119. The summed E-state index contributed by atoms with van der Waals surface area (Å²) in [5.74, 6) is -0.256. The van der Waals surface area contributed by atoms with E-state index in [-0.39, 0.29) is 18.5 Å². The number of nitrogens with one attached hydrogen (secondary N) is 1. The van der Waals surface area contributed by atoms with Crippen molar-refractivity contribution in [3.63, 3.8) is 0 Å². The minimum atomic E-state index is -3.47. The molecule has 1 saturated carbocycles. The first kappa shape index (κ1) is 13.9. The molecule has 0 aliphatic heterocycles. The molecule has 1 amide bonds. The van der Waals surface area contributed by atoms with Gasteiger partial charge in [-0.25, -0.2) is 8.42 Å². The summed E-state index contributed by atoms with van der Waals surface area (Å²) < 4.78 is 24.7. The van der Waals surface area contributed by atoms with Crippen LogP contribution in [0, 0.1) is 6.92 Å². The van der Waals surface area contributed by atoms with Crippen molar-refractivity contribution in [3.05, 3.63) is 29.8 Å². The van der Waals surface area contributed by atoms with E-state index in [9.17, 15) is 13.2 Å². The number of aryl methyl sites for hydroxylation is 1. The molecule has 1 aromatic carbocycles. The Morgan fingerprint density at radius 3 is 2.37 bits per heavy atom. The second-order valence-electron chi connectivity index (χ2n) is 4.95. The van der Waals surface area contributed by atoms with Crippen LogP contribution in [0.15, 0.2) is 24.3 Å². The van der Waals surface area contributed by atoms with Gasteiger partial charge in [0.25, 0.3) is 0 Å². The molecule has 0 radical (unpaired) electrons. The molecule has 0 aromatic heterocycles. The molecule has 1 N–H and O–H groups in total. The van der Waals surface area contributed by atoms with Crippen LogP contribution in [-0.4, -0.2) is 33.2 Å². The van der Waals surface area contributed by atoms with Gasteiger partial charge >= 0.3 is 0 Å². The van der Waals surface area contributed by atoms with Crippen molar-refractivity contribution in [2.75, 3.05) is 17.1 Å². The zero-order chi connectivity index (χ0) is 14.0. The highest BCUT2D eigenvalue weighted by Gasteiger charge is 2.26. The van der Waals surface area contributed by atoms with Crippen molar-refractivity contribution < 1.29 is 13.2 Å². The lowest BCUT2D eigenvalue weighted by Gasteiger charge is -2.22. The highest BCUT2D eigenvalue weighted by atomic mass is 32.2. The molecule has 5 nitrogen and oxygen atoms in total. The molecule has 19 heavy (non-hydrogen) atoms. The van der Waals surface area contributed by atoms with E-state index in [4.69, 9.17) is 0 Å². The summed E-state index contributed by atoms with van der Waals surface area (Å²) in [6.07, 6.45) is 3.07. The molecule has 0 unspecified atom stereocenters. The zero-order valence-corrected chi connectivity index (χ0v) is 11.9. The first-order chi connectivity index (χ1) is 8.86. The average molecular weight is 282 g/mol. The Balaban J connectivity index is 2.15. The smallest absolute Gasteiger partial charge is 0.240 e. The summed E-state index contributed by atoms with van der Waals surface area (Å²) >= 11 is 0. The normalized spacial score (nSPS) is 15.1. The van der Waals surface area contributed by atoms with Crippen LogP contribution in [0.25, 0.3) is 0 Å². The summed E-state index contributed by atoms with van der Waals surface area (Å²) in [7, 11) is -3.47. The van der Waals surface area contributed by atoms with Crippen molar-refractivity contribution >= 4 is 21.6 Å². The lowest BCUT2D eigenvalue weighted by Crippen LogP contribution is -2.41. The van der Waals surface area contributed by atoms with Crippen LogP contribution in [-0.2, 0) is 14.8 Å². The minimum absolute atomic E-state index is 0.168. The average Bonchev–Trinajstić information content (AvgIpc) is 3.10. The van der Waals surface area contributed by atoms with E-state index < -0.39 is 10.0 Å². The van der Waals surface area contributed by atoms with Gasteiger partial charge in [0.2, 0.25) is 15.9 Å². The fraction of sp³-hybridized carbons (Fsp3) is 0.462. The molecular weight excluding hydrogens is 264 g/mol. The number of sulfonamides is 1. The third-order valence-electron chi connectivity index (χ3n) is 2.95. The van der Waals surface area contributed by atoms with E-state index in [0.29, 0.717) is 5.69 Å². The predicted molar refractivity (Wildman–Crippen MR) is 74.5 cm³/mol. The Morgan fingerprint density at radius 2 is 1.89 bits per heavy atom. The summed E-state index contributed by atoms with van der Waals surface area (Å²) in [6, 6.07) is 7.30. The van der Waals surface area contributed by atoms with Gasteiger partial charge in [-0.1, -0.05) is 17.7 Å². The first-order valence-electron chi connectivity index (χ1n) is 6.20. The molecule has 1 aliphatic carbocycles. The van der Waals surface area contributed by atoms with Gasteiger partial charge in [0, 0.05) is 6.04 Å². The van der Waals surface area contributed by atoms with E-state index in [1.54, 1.807) is 12.1 Å². The molecule has 2 rings (SSSR count). The quantitative estimate of drug-likeness (QED) is 0.877. The van der Waals surface area contributed by atoms with Crippen LogP contribution in [0.3, 0.4) is 0 Å². The maximum absolute atomic E-state index is 11.8. The maximum atomic E-state index is 11.8. The predicted octanol–water partition coefficient (Wildman–Crippen LogP) is 1.04. The van der Waals surface area contributed by atoms with Crippen molar-refractivity contribution in [2.45, 2.75) is 25.8 Å². The Hall–Kier alpha value is -1.56. The number of hydrogen-bond acceptors (Lipinski definition) is 3. The Labute approximate surface area is 113 Å². The second kappa shape index (κ2) is 5.21. The molecule has 0 saturated heterocycles. The number of amides is 1. The molecule has 1 aromatic rings. The molecular formula is C13H18N2O3S. The Morgan fingerprint density at radius 1 is 1.32 bits per heavy atom. The van der Waals surface area contributed by atoms with Gasteiger partial charge in [-0.15, -0.1) is 0 Å². The topological polar surface area (TPSA) is 66.5 Å². The highest BCUT2D eigenvalue weighted by Crippen LogP contribution is 2.20. The fourth-order valence-corrected chi connectivity index (χ4v) is 2.60. The highest BCUT2D eigenvalue weighted by molar-refractivity contribution is 7.92. The number of benzene rings is 1. The van der Waals surface area contributed by atoms with E-state index >= 15 is 0 Å². The SMILES string of the molecule is Cc1ccc(N(CC(=O)NC2CC2)S(C)(=O)=O)cc1. The van der Waals surface area contributed by atoms with Gasteiger partial charge in [0.15, 0.2) is 0 Å². The molecule has 1 fully saturated rings. The Kier molecular flexibility index (Phi) is 3.80. The largest absolute Gasteiger partial charge is 0.352 e. The van der Waals surface area contributed by atoms with Crippen molar-refractivity contribution in [2.24, 2.45) is 0 Å². The monoisotopic (exact) mass is 282 g/mol. The van der Waals surface area contributed by atoms with Gasteiger partial charge in [-0.3, -0.25) is 9.10 Å². The van der Waals surface area contributed by atoms with E-state index in [0.717, 1.165) is 29.0 Å². The van der Waals surface area contributed by atoms with E-state index in [1.165, 1.54) is 0 Å². The fourth-order valence-electron chi connectivity index (χ4n) is 1.74. The number of hydrogen-bond donors (Lipinski definition) is 1. The number of rotatable bonds is 5. The second-order valence-corrected chi connectivity index (χ2v) is 6.85. The van der Waals surface area contributed by atoms with Crippen LogP contribution < -0.4 is 9.62 Å². The molecule has 104 valence electrons. The molecule has 6 heteroatoms. The van der Waals surface area contributed by atoms with Crippen LogP contribution in [0.1, 0.15) is 18.4 Å². The number of carbonyl (C=O) groups is 1. The molecule has 0 spiro atoms. The van der Waals surface area contributed by atoms with Crippen molar-refractivity contribution in [3.8, 4) is 0 Å². The molecule has 0 atom stereocenters. The van der Waals surface area contributed by atoms with Gasteiger partial charge in [-0.05, 0) is 31.9 Å². The van der Waals surface area contributed by atoms with Crippen LogP contribution in [0.5, 0.6) is 0 Å². The zero-order valence-electron chi connectivity index (χ0n) is 11.1. The summed E-state index contributed by atoms with van der Waals surface area (Å²) in [6.45, 7) is 1.76. The van der Waals surface area contributed by atoms with Gasteiger partial charge in [0.1, 0.15) is 6.54 Å². The van der Waals surface area contributed by atoms with E-state index in [1.807, 2.05) is 19.1 Å². The minimum Gasteiger partial charge on any atom is -0.352 e. The molecule has 0 bridgehead atoms. The summed E-state index contributed by atoms with van der Waals surface area (Å²) in [4.78, 5) is 11.8. The standard InChI is InChI=1S/C13H18N2O3S/c1-10-3-7-12(8-4-10)15(19(2,17)18)9-13(16)14-11-5-6-11/h3-4,7-8,11H,5-6,9H2,1-2H3,(H,14,16). The maximum Gasteiger partial charge on any atom is 0.240 e. The van der Waals surface area contributed by atoms with Gasteiger partial charge in [0.05, 0.1) is 11.9 Å². The van der Waals surface area contributed by atoms with Gasteiger partial charge in [-0.2, -0.15) is 0 Å².